The van der Waals surface area contributed by atoms with Gasteiger partial charge in [-0.3, -0.25) is 0 Å². The molecule has 0 aliphatic rings. The highest BCUT2D eigenvalue weighted by Crippen LogP contribution is 2.22. The first-order chi connectivity index (χ1) is 5.16. The fraction of sp³-hybridized carbons (Fsp3) is 0.333. The first-order valence-electron chi connectivity index (χ1n) is 3.60. The summed E-state index contributed by atoms with van der Waals surface area (Å²) < 4.78 is 5.10. The Morgan fingerprint density at radius 1 is 1.09 bits per heavy atom. The maximum absolute atomic E-state index is 5.10. The van der Waals surface area contributed by atoms with E-state index in [9.17, 15) is 0 Å². The molecule has 0 saturated carbocycles. The Balaban J connectivity index is 3.25. The van der Waals surface area contributed by atoms with E-state index in [4.69, 9.17) is 3.79 Å². The van der Waals surface area contributed by atoms with Crippen LogP contribution in [0.5, 0.6) is 5.75 Å². The van der Waals surface area contributed by atoms with Crippen molar-refractivity contribution in [1.29, 1.82) is 0 Å². The molecule has 1 aromatic rings. The van der Waals surface area contributed by atoms with Crippen LogP contribution >= 0.6 is 0 Å². The van der Waals surface area contributed by atoms with Gasteiger partial charge in [-0.25, -0.2) is 0 Å². The molecule has 0 amide bonds. The molecular formula is C9H11AlO. The van der Waals surface area contributed by atoms with Gasteiger partial charge in [0.2, 0.25) is 0 Å². The Hall–Kier alpha value is -0.448. The smallest absolute Gasteiger partial charge is 0.482 e. The van der Waals surface area contributed by atoms with E-state index in [2.05, 4.69) is 43.5 Å². The van der Waals surface area contributed by atoms with Crippen LogP contribution in [0.1, 0.15) is 16.7 Å². The van der Waals surface area contributed by atoms with Gasteiger partial charge in [-0.2, -0.15) is 0 Å². The maximum Gasteiger partial charge on any atom is 0.482 e. The Morgan fingerprint density at radius 2 is 1.73 bits per heavy atom. The van der Waals surface area contributed by atoms with Crippen molar-refractivity contribution in [3.63, 3.8) is 0 Å². The largest absolute Gasteiger partial charge is 0.653 e. The van der Waals surface area contributed by atoms with Crippen LogP contribution in [0, 0.1) is 20.8 Å². The van der Waals surface area contributed by atoms with Crippen molar-refractivity contribution in [1.82, 2.24) is 0 Å². The number of aryl methyl sites for hydroxylation is 1. The highest BCUT2D eigenvalue weighted by molar-refractivity contribution is 6.00. The molecule has 0 spiro atoms. The van der Waals surface area contributed by atoms with E-state index in [1.807, 2.05) is 6.07 Å². The van der Waals surface area contributed by atoms with Crippen LogP contribution < -0.4 is 3.79 Å². The lowest BCUT2D eigenvalue weighted by molar-refractivity contribution is 0.609. The topological polar surface area (TPSA) is 9.23 Å². The number of benzene rings is 1. The molecule has 11 heavy (non-hydrogen) atoms. The molecule has 0 aliphatic carbocycles. The average Bonchev–Trinajstić information content (AvgIpc) is 2.01. The van der Waals surface area contributed by atoms with Gasteiger partial charge in [0.15, 0.2) is 0 Å². The van der Waals surface area contributed by atoms with E-state index in [-0.39, 0.29) is 0 Å². The van der Waals surface area contributed by atoms with Crippen LogP contribution in [0.25, 0.3) is 0 Å². The molecule has 0 aliphatic heterocycles. The monoisotopic (exact) mass is 162 g/mol. The van der Waals surface area contributed by atoms with Gasteiger partial charge in [0.1, 0.15) is 0 Å². The van der Waals surface area contributed by atoms with Gasteiger partial charge in [0, 0.05) is 0 Å². The standard InChI is InChI=1S/C9H12O.Al/c1-6-4-5-9(10)8(3)7(6)2;/h4-5,10H,1-3H3;/q;+1/p-1. The molecule has 0 saturated heterocycles. The molecule has 0 heterocycles. The van der Waals surface area contributed by atoms with E-state index in [0.29, 0.717) is 0 Å². The molecule has 1 rings (SSSR count). The summed E-state index contributed by atoms with van der Waals surface area (Å²) in [5, 5.41) is 0. The summed E-state index contributed by atoms with van der Waals surface area (Å²) in [4.78, 5) is 0. The first kappa shape index (κ1) is 8.65. The summed E-state index contributed by atoms with van der Waals surface area (Å²) in [6.07, 6.45) is 0. The SMILES string of the molecule is Cc1ccc([O][Al])c(C)c1C. The van der Waals surface area contributed by atoms with Crippen LogP contribution in [0.4, 0.5) is 0 Å². The summed E-state index contributed by atoms with van der Waals surface area (Å²) >= 11 is 2.27. The minimum absolute atomic E-state index is 0.943. The summed E-state index contributed by atoms with van der Waals surface area (Å²) in [6, 6.07) is 4.06. The molecular weight excluding hydrogens is 151 g/mol. The van der Waals surface area contributed by atoms with Crippen LogP contribution in [0.3, 0.4) is 0 Å². The zero-order valence-electron chi connectivity index (χ0n) is 7.14. The summed E-state index contributed by atoms with van der Waals surface area (Å²) in [5.41, 5.74) is 3.85. The van der Waals surface area contributed by atoms with Crippen molar-refractivity contribution in [2.75, 3.05) is 0 Å². The summed E-state index contributed by atoms with van der Waals surface area (Å²) in [5.74, 6) is 0.943. The first-order valence-corrected chi connectivity index (χ1v) is 4.07. The second-order valence-electron chi connectivity index (χ2n) is 2.75. The second-order valence-corrected chi connectivity index (χ2v) is 2.98. The second kappa shape index (κ2) is 3.30. The molecule has 2 heteroatoms. The van der Waals surface area contributed by atoms with Gasteiger partial charge in [-0.1, -0.05) is 6.07 Å². The summed E-state index contributed by atoms with van der Waals surface area (Å²) in [6.45, 7) is 6.29. The fourth-order valence-corrected chi connectivity index (χ4v) is 1.31. The minimum Gasteiger partial charge on any atom is -0.653 e. The molecule has 1 aromatic carbocycles. The molecule has 0 unspecified atom stereocenters. The lowest BCUT2D eigenvalue weighted by Crippen LogP contribution is -1.92. The van der Waals surface area contributed by atoms with Crippen LogP contribution in [-0.2, 0) is 0 Å². The van der Waals surface area contributed by atoms with E-state index < -0.39 is 0 Å². The Kier molecular flexibility index (Phi) is 2.59. The molecule has 0 atom stereocenters. The zero-order chi connectivity index (χ0) is 8.43. The van der Waals surface area contributed by atoms with Crippen molar-refractivity contribution < 1.29 is 3.79 Å². The van der Waals surface area contributed by atoms with Crippen LogP contribution in [-0.4, -0.2) is 16.6 Å². The van der Waals surface area contributed by atoms with Crippen molar-refractivity contribution in [3.05, 3.63) is 28.8 Å². The number of hydrogen-bond donors (Lipinski definition) is 0. The third kappa shape index (κ3) is 1.58. The van der Waals surface area contributed by atoms with Gasteiger partial charge < -0.3 is 3.79 Å². The van der Waals surface area contributed by atoms with E-state index in [1.54, 1.807) is 0 Å². The van der Waals surface area contributed by atoms with Crippen molar-refractivity contribution >= 4 is 16.6 Å². The van der Waals surface area contributed by atoms with Crippen LogP contribution in [0.15, 0.2) is 12.1 Å². The molecule has 0 fully saturated rings. The fourth-order valence-electron chi connectivity index (χ4n) is 1.06. The lowest BCUT2D eigenvalue weighted by atomic mass is 10.0. The normalized spacial score (nSPS) is 9.73. The third-order valence-corrected chi connectivity index (χ3v) is 2.39. The number of rotatable bonds is 1. The Morgan fingerprint density at radius 3 is 2.27 bits per heavy atom. The van der Waals surface area contributed by atoms with E-state index >= 15 is 0 Å². The van der Waals surface area contributed by atoms with Gasteiger partial charge in [0.25, 0.3) is 0 Å². The zero-order valence-corrected chi connectivity index (χ0v) is 8.29. The van der Waals surface area contributed by atoms with Crippen LogP contribution in [0.2, 0.25) is 0 Å². The molecule has 0 bridgehead atoms. The predicted octanol–water partition coefficient (Wildman–Crippen LogP) is 2.07. The van der Waals surface area contributed by atoms with Gasteiger partial charge >= 0.3 is 16.6 Å². The summed E-state index contributed by atoms with van der Waals surface area (Å²) in [7, 11) is 0. The Labute approximate surface area is 76.1 Å². The lowest BCUT2D eigenvalue weighted by Gasteiger charge is -2.10. The molecule has 1 nitrogen and oxygen atoms in total. The third-order valence-electron chi connectivity index (χ3n) is 2.14. The highest BCUT2D eigenvalue weighted by Gasteiger charge is 2.00. The predicted molar refractivity (Wildman–Crippen MR) is 47.0 cm³/mol. The van der Waals surface area contributed by atoms with E-state index in [1.165, 1.54) is 16.7 Å². The molecule has 56 valence electrons. The molecule has 2 radical (unpaired) electrons. The highest BCUT2D eigenvalue weighted by atomic mass is 27.1. The van der Waals surface area contributed by atoms with Gasteiger partial charge in [0.05, 0.1) is 5.75 Å². The van der Waals surface area contributed by atoms with E-state index in [0.717, 1.165) is 5.75 Å². The van der Waals surface area contributed by atoms with Gasteiger partial charge in [-0.05, 0) is 43.5 Å². The van der Waals surface area contributed by atoms with Crippen molar-refractivity contribution in [2.24, 2.45) is 0 Å². The van der Waals surface area contributed by atoms with Crippen molar-refractivity contribution in [2.45, 2.75) is 20.8 Å². The molecule has 0 N–H and O–H groups in total. The average molecular weight is 162 g/mol. The van der Waals surface area contributed by atoms with Crippen molar-refractivity contribution in [3.8, 4) is 5.75 Å². The number of hydrogen-bond acceptors (Lipinski definition) is 1. The van der Waals surface area contributed by atoms with Gasteiger partial charge in [-0.15, -0.1) is 0 Å². The maximum atomic E-state index is 5.10. The minimum atomic E-state index is 0.943. The Bertz CT molecular complexity index is 269. The quantitative estimate of drug-likeness (QED) is 0.574. The molecule has 0 aromatic heterocycles.